The Bertz CT molecular complexity index is 706. The zero-order valence-electron chi connectivity index (χ0n) is 10.6. The summed E-state index contributed by atoms with van der Waals surface area (Å²) in [6, 6.07) is 7.00. The van der Waals surface area contributed by atoms with Crippen molar-refractivity contribution in [3.8, 4) is 0 Å². The van der Waals surface area contributed by atoms with Crippen LogP contribution >= 0.6 is 0 Å². The fourth-order valence-electron chi connectivity index (χ4n) is 2.32. The Kier molecular flexibility index (Phi) is 2.91. The fourth-order valence-corrected chi connectivity index (χ4v) is 3.83. The van der Waals surface area contributed by atoms with Crippen molar-refractivity contribution in [1.29, 1.82) is 0 Å². The average Bonchev–Trinajstić information content (AvgIpc) is 2.85. The van der Waals surface area contributed by atoms with Crippen molar-refractivity contribution < 1.29 is 8.42 Å². The summed E-state index contributed by atoms with van der Waals surface area (Å²) in [7, 11) is -3.43. The predicted octanol–water partition coefficient (Wildman–Crippen LogP) is 1.47. The molecular formula is C13H15N3O2S. The van der Waals surface area contributed by atoms with Crippen LogP contribution in [0.25, 0.3) is 0 Å². The van der Waals surface area contributed by atoms with E-state index in [4.69, 9.17) is 0 Å². The Morgan fingerprint density at radius 1 is 1.37 bits per heavy atom. The lowest BCUT2D eigenvalue weighted by Crippen LogP contribution is -2.35. The van der Waals surface area contributed by atoms with Gasteiger partial charge in [0.05, 0.1) is 17.1 Å². The van der Waals surface area contributed by atoms with Gasteiger partial charge in [-0.2, -0.15) is 9.40 Å². The SMILES string of the molecule is Cc1cccc(S(=O)(=O)N2CCc3c[nH]nc3C2)c1. The molecule has 0 atom stereocenters. The maximum Gasteiger partial charge on any atom is 0.243 e. The number of aromatic amines is 1. The number of hydrogen-bond acceptors (Lipinski definition) is 3. The third-order valence-electron chi connectivity index (χ3n) is 3.39. The van der Waals surface area contributed by atoms with E-state index in [9.17, 15) is 8.42 Å². The summed E-state index contributed by atoms with van der Waals surface area (Å²) in [6.45, 7) is 2.74. The largest absolute Gasteiger partial charge is 0.285 e. The molecule has 1 aliphatic rings. The monoisotopic (exact) mass is 277 g/mol. The van der Waals surface area contributed by atoms with Crippen molar-refractivity contribution >= 4 is 10.0 Å². The van der Waals surface area contributed by atoms with Gasteiger partial charge in [-0.05, 0) is 36.6 Å². The average molecular weight is 277 g/mol. The van der Waals surface area contributed by atoms with E-state index in [1.165, 1.54) is 4.31 Å². The number of hydrogen-bond donors (Lipinski definition) is 1. The van der Waals surface area contributed by atoms with Crippen LogP contribution in [-0.4, -0.2) is 29.5 Å². The first-order valence-electron chi connectivity index (χ1n) is 6.16. The summed E-state index contributed by atoms with van der Waals surface area (Å²) in [5.74, 6) is 0. The second kappa shape index (κ2) is 4.47. The zero-order chi connectivity index (χ0) is 13.5. The number of nitrogens with zero attached hydrogens (tertiary/aromatic N) is 2. The van der Waals surface area contributed by atoms with Gasteiger partial charge in [-0.25, -0.2) is 8.42 Å². The Hall–Kier alpha value is -1.66. The maximum absolute atomic E-state index is 12.6. The first-order chi connectivity index (χ1) is 9.07. The zero-order valence-corrected chi connectivity index (χ0v) is 11.4. The highest BCUT2D eigenvalue weighted by Gasteiger charge is 2.29. The molecule has 100 valence electrons. The number of aromatic nitrogens is 2. The molecule has 0 amide bonds. The Morgan fingerprint density at radius 3 is 3.00 bits per heavy atom. The molecule has 3 rings (SSSR count). The quantitative estimate of drug-likeness (QED) is 0.904. The summed E-state index contributed by atoms with van der Waals surface area (Å²) < 4.78 is 26.6. The lowest BCUT2D eigenvalue weighted by molar-refractivity contribution is 0.387. The van der Waals surface area contributed by atoms with Gasteiger partial charge in [-0.15, -0.1) is 0 Å². The smallest absolute Gasteiger partial charge is 0.243 e. The maximum atomic E-state index is 12.6. The van der Waals surface area contributed by atoms with Crippen LogP contribution in [0.4, 0.5) is 0 Å². The molecule has 0 radical (unpaired) electrons. The lowest BCUT2D eigenvalue weighted by atomic mass is 10.1. The van der Waals surface area contributed by atoms with Crippen molar-refractivity contribution in [2.24, 2.45) is 0 Å². The lowest BCUT2D eigenvalue weighted by Gasteiger charge is -2.25. The van der Waals surface area contributed by atoms with Crippen LogP contribution in [0.1, 0.15) is 16.8 Å². The van der Waals surface area contributed by atoms with Crippen molar-refractivity contribution in [3.63, 3.8) is 0 Å². The van der Waals surface area contributed by atoms with Crippen molar-refractivity contribution in [1.82, 2.24) is 14.5 Å². The minimum Gasteiger partial charge on any atom is -0.285 e. The van der Waals surface area contributed by atoms with Gasteiger partial charge in [0.25, 0.3) is 0 Å². The van der Waals surface area contributed by atoms with Gasteiger partial charge in [0.15, 0.2) is 0 Å². The van der Waals surface area contributed by atoms with Crippen LogP contribution in [0.5, 0.6) is 0 Å². The van der Waals surface area contributed by atoms with E-state index in [-0.39, 0.29) is 0 Å². The van der Waals surface area contributed by atoms with E-state index in [0.29, 0.717) is 24.4 Å². The molecule has 0 fully saturated rings. The van der Waals surface area contributed by atoms with E-state index in [0.717, 1.165) is 16.8 Å². The first-order valence-corrected chi connectivity index (χ1v) is 7.60. The van der Waals surface area contributed by atoms with Gasteiger partial charge in [0.2, 0.25) is 10.0 Å². The molecule has 1 aromatic carbocycles. The number of aryl methyl sites for hydroxylation is 1. The Morgan fingerprint density at radius 2 is 2.21 bits per heavy atom. The molecule has 0 saturated heterocycles. The van der Waals surface area contributed by atoms with Crippen molar-refractivity contribution in [2.45, 2.75) is 24.8 Å². The molecule has 5 nitrogen and oxygen atoms in total. The van der Waals surface area contributed by atoms with Gasteiger partial charge in [0, 0.05) is 12.7 Å². The normalized spacial score (nSPS) is 16.3. The molecule has 0 unspecified atom stereocenters. The van der Waals surface area contributed by atoms with Crippen molar-refractivity contribution in [3.05, 3.63) is 47.3 Å². The fraction of sp³-hybridized carbons (Fsp3) is 0.308. The molecule has 1 N–H and O–H groups in total. The molecular weight excluding hydrogens is 262 g/mol. The van der Waals surface area contributed by atoms with E-state index >= 15 is 0 Å². The van der Waals surface area contributed by atoms with E-state index in [1.54, 1.807) is 18.2 Å². The van der Waals surface area contributed by atoms with Crippen LogP contribution in [0.3, 0.4) is 0 Å². The second-order valence-electron chi connectivity index (χ2n) is 4.76. The molecule has 1 aromatic heterocycles. The number of nitrogens with one attached hydrogen (secondary N) is 1. The van der Waals surface area contributed by atoms with E-state index in [1.807, 2.05) is 19.2 Å². The summed E-state index contributed by atoms with van der Waals surface area (Å²) in [5.41, 5.74) is 2.87. The molecule has 0 bridgehead atoms. The van der Waals surface area contributed by atoms with Crippen molar-refractivity contribution in [2.75, 3.05) is 6.54 Å². The van der Waals surface area contributed by atoms with Gasteiger partial charge < -0.3 is 0 Å². The minimum atomic E-state index is -3.43. The second-order valence-corrected chi connectivity index (χ2v) is 6.70. The summed E-state index contributed by atoms with van der Waals surface area (Å²) in [5, 5.41) is 6.89. The van der Waals surface area contributed by atoms with Crippen LogP contribution in [0, 0.1) is 6.92 Å². The summed E-state index contributed by atoms with van der Waals surface area (Å²) in [6.07, 6.45) is 2.54. The topological polar surface area (TPSA) is 66.1 Å². The predicted molar refractivity (Wildman–Crippen MR) is 71.1 cm³/mol. The summed E-state index contributed by atoms with van der Waals surface area (Å²) in [4.78, 5) is 0.353. The molecule has 2 heterocycles. The molecule has 19 heavy (non-hydrogen) atoms. The van der Waals surface area contributed by atoms with Crippen LogP contribution < -0.4 is 0 Å². The van der Waals surface area contributed by atoms with Crippen LogP contribution in [0.2, 0.25) is 0 Å². The van der Waals surface area contributed by atoms with E-state index < -0.39 is 10.0 Å². The minimum absolute atomic E-state index is 0.342. The Balaban J connectivity index is 1.94. The first kappa shape index (κ1) is 12.4. The molecule has 0 saturated carbocycles. The number of benzene rings is 1. The number of sulfonamides is 1. The molecule has 6 heteroatoms. The molecule has 1 aliphatic heterocycles. The van der Waals surface area contributed by atoms with Crippen LogP contribution in [0.15, 0.2) is 35.4 Å². The van der Waals surface area contributed by atoms with Gasteiger partial charge in [-0.1, -0.05) is 12.1 Å². The highest BCUT2D eigenvalue weighted by molar-refractivity contribution is 7.89. The van der Waals surface area contributed by atoms with Gasteiger partial charge in [0.1, 0.15) is 0 Å². The Labute approximate surface area is 112 Å². The van der Waals surface area contributed by atoms with Gasteiger partial charge >= 0.3 is 0 Å². The number of fused-ring (bicyclic) bond motifs is 1. The third-order valence-corrected chi connectivity index (χ3v) is 5.23. The summed E-state index contributed by atoms with van der Waals surface area (Å²) >= 11 is 0. The highest BCUT2D eigenvalue weighted by Crippen LogP contribution is 2.23. The standard InChI is InChI=1S/C13H15N3O2S/c1-10-3-2-4-12(7-10)19(17,18)16-6-5-11-8-14-15-13(11)9-16/h2-4,7-8H,5-6,9H2,1H3,(H,14,15). The van der Waals surface area contributed by atoms with Gasteiger partial charge in [-0.3, -0.25) is 5.10 Å². The molecule has 0 spiro atoms. The van der Waals surface area contributed by atoms with Crippen LogP contribution in [-0.2, 0) is 23.0 Å². The number of rotatable bonds is 2. The highest BCUT2D eigenvalue weighted by atomic mass is 32.2. The third kappa shape index (κ3) is 2.17. The molecule has 0 aliphatic carbocycles. The molecule has 2 aromatic rings. The number of H-pyrrole nitrogens is 1. The van der Waals surface area contributed by atoms with E-state index in [2.05, 4.69) is 10.2 Å².